The van der Waals surface area contributed by atoms with Crippen LogP contribution in [-0.4, -0.2) is 23.9 Å². The Morgan fingerprint density at radius 2 is 1.85 bits per heavy atom. The minimum atomic E-state index is -2.96. The maximum atomic E-state index is 12.4. The molecule has 0 unspecified atom stereocenters. The zero-order chi connectivity index (χ0) is 19.4. The van der Waals surface area contributed by atoms with E-state index in [2.05, 4.69) is 14.9 Å². The predicted molar refractivity (Wildman–Crippen MR) is 93.7 cm³/mol. The van der Waals surface area contributed by atoms with Gasteiger partial charge in [0.15, 0.2) is 23.9 Å². The summed E-state index contributed by atoms with van der Waals surface area (Å²) in [4.78, 5) is 4.19. The molecule has 0 N–H and O–H groups in total. The molecule has 0 atom stereocenters. The van der Waals surface area contributed by atoms with E-state index in [9.17, 15) is 8.78 Å². The predicted octanol–water partition coefficient (Wildman–Crippen LogP) is 5.23. The number of para-hydroxylation sites is 1. The van der Waals surface area contributed by atoms with E-state index in [0.29, 0.717) is 21.4 Å². The fourth-order valence-electron chi connectivity index (χ4n) is 2.19. The highest BCUT2D eigenvalue weighted by atomic mass is 35.5. The number of methoxy groups -OCH3 is 1. The highest BCUT2D eigenvalue weighted by Gasteiger charge is 2.16. The molecular formula is C17H12Cl2F2N2O4. The van der Waals surface area contributed by atoms with Crippen molar-refractivity contribution >= 4 is 23.2 Å². The number of benzene rings is 2. The van der Waals surface area contributed by atoms with E-state index in [-0.39, 0.29) is 29.8 Å². The molecule has 6 nitrogen and oxygen atoms in total. The van der Waals surface area contributed by atoms with Gasteiger partial charge >= 0.3 is 6.61 Å². The number of alkyl halides is 2. The first-order valence-electron chi connectivity index (χ1n) is 7.50. The van der Waals surface area contributed by atoms with Crippen LogP contribution in [0.4, 0.5) is 8.78 Å². The lowest BCUT2D eigenvalue weighted by Crippen LogP contribution is -2.03. The standard InChI is InChI=1S/C17H12Cl2F2N2O4/c1-24-13-7-9(5-6-12(13)26-17(20)21)16-22-14(27-23-16)8-25-15-10(18)3-2-4-11(15)19/h2-7,17H,8H2,1H3. The summed E-state index contributed by atoms with van der Waals surface area (Å²) >= 11 is 12.1. The summed E-state index contributed by atoms with van der Waals surface area (Å²) in [7, 11) is 1.33. The van der Waals surface area contributed by atoms with E-state index in [1.165, 1.54) is 25.3 Å². The van der Waals surface area contributed by atoms with Gasteiger partial charge in [0.1, 0.15) is 0 Å². The highest BCUT2D eigenvalue weighted by Crippen LogP contribution is 2.34. The van der Waals surface area contributed by atoms with Crippen LogP contribution in [0.15, 0.2) is 40.9 Å². The van der Waals surface area contributed by atoms with Gasteiger partial charge in [-0.05, 0) is 30.3 Å². The molecule has 0 aliphatic carbocycles. The van der Waals surface area contributed by atoms with E-state index in [0.717, 1.165) is 0 Å². The van der Waals surface area contributed by atoms with Gasteiger partial charge in [0.05, 0.1) is 17.2 Å². The third kappa shape index (κ3) is 4.58. The first-order chi connectivity index (χ1) is 13.0. The third-order valence-corrected chi connectivity index (χ3v) is 3.96. The lowest BCUT2D eigenvalue weighted by atomic mass is 10.2. The summed E-state index contributed by atoms with van der Waals surface area (Å²) in [5.41, 5.74) is 0.485. The lowest BCUT2D eigenvalue weighted by molar-refractivity contribution is -0.0512. The zero-order valence-corrected chi connectivity index (χ0v) is 15.3. The summed E-state index contributed by atoms with van der Waals surface area (Å²) in [6, 6.07) is 9.25. The van der Waals surface area contributed by atoms with Gasteiger partial charge in [0.25, 0.3) is 5.89 Å². The van der Waals surface area contributed by atoms with E-state index >= 15 is 0 Å². The third-order valence-electron chi connectivity index (χ3n) is 3.36. The van der Waals surface area contributed by atoms with Gasteiger partial charge in [-0.1, -0.05) is 34.4 Å². The maximum absolute atomic E-state index is 12.4. The molecule has 0 aliphatic rings. The minimum absolute atomic E-state index is 0.0554. The zero-order valence-electron chi connectivity index (χ0n) is 13.8. The fourth-order valence-corrected chi connectivity index (χ4v) is 2.69. The number of aromatic nitrogens is 2. The van der Waals surface area contributed by atoms with Crippen molar-refractivity contribution in [3.8, 4) is 28.6 Å². The van der Waals surface area contributed by atoms with Gasteiger partial charge in [-0.2, -0.15) is 13.8 Å². The van der Waals surface area contributed by atoms with Crippen molar-refractivity contribution < 1.29 is 27.5 Å². The molecule has 0 aliphatic heterocycles. The number of hydrogen-bond acceptors (Lipinski definition) is 6. The van der Waals surface area contributed by atoms with Gasteiger partial charge in [0, 0.05) is 5.56 Å². The Balaban J connectivity index is 1.75. The first kappa shape index (κ1) is 19.2. The molecular weight excluding hydrogens is 405 g/mol. The monoisotopic (exact) mass is 416 g/mol. The quantitative estimate of drug-likeness (QED) is 0.525. The second kappa shape index (κ2) is 8.41. The van der Waals surface area contributed by atoms with Crippen molar-refractivity contribution in [2.75, 3.05) is 7.11 Å². The van der Waals surface area contributed by atoms with Gasteiger partial charge in [-0.25, -0.2) is 0 Å². The van der Waals surface area contributed by atoms with Crippen LogP contribution in [0.1, 0.15) is 5.89 Å². The van der Waals surface area contributed by atoms with Crippen molar-refractivity contribution in [2.24, 2.45) is 0 Å². The molecule has 0 bridgehead atoms. The normalized spacial score (nSPS) is 10.9. The number of hydrogen-bond donors (Lipinski definition) is 0. The van der Waals surface area contributed by atoms with Crippen LogP contribution in [-0.2, 0) is 6.61 Å². The highest BCUT2D eigenvalue weighted by molar-refractivity contribution is 6.37. The van der Waals surface area contributed by atoms with E-state index < -0.39 is 6.61 Å². The number of halogens is 4. The van der Waals surface area contributed by atoms with Crippen molar-refractivity contribution in [2.45, 2.75) is 13.2 Å². The van der Waals surface area contributed by atoms with E-state index in [1.807, 2.05) is 0 Å². The van der Waals surface area contributed by atoms with Crippen LogP contribution >= 0.6 is 23.2 Å². The second-order valence-electron chi connectivity index (χ2n) is 5.10. The molecule has 142 valence electrons. The molecule has 3 aromatic rings. The summed E-state index contributed by atoms with van der Waals surface area (Å²) in [5, 5.41) is 4.53. The summed E-state index contributed by atoms with van der Waals surface area (Å²) in [6.45, 7) is -3.02. The average Bonchev–Trinajstić information content (AvgIpc) is 3.10. The fraction of sp³-hybridized carbons (Fsp3) is 0.176. The molecule has 1 aromatic heterocycles. The Bertz CT molecular complexity index is 917. The van der Waals surface area contributed by atoms with Crippen molar-refractivity contribution in [3.05, 3.63) is 52.3 Å². The van der Waals surface area contributed by atoms with Gasteiger partial charge in [0.2, 0.25) is 5.82 Å². The van der Waals surface area contributed by atoms with Gasteiger partial charge < -0.3 is 18.7 Å². The summed E-state index contributed by atoms with van der Waals surface area (Å²) in [6.07, 6.45) is 0. The summed E-state index contributed by atoms with van der Waals surface area (Å²) in [5.74, 6) is 0.708. The molecule has 2 aromatic carbocycles. The van der Waals surface area contributed by atoms with Crippen LogP contribution in [0.25, 0.3) is 11.4 Å². The van der Waals surface area contributed by atoms with E-state index in [1.54, 1.807) is 18.2 Å². The molecule has 0 saturated heterocycles. The molecule has 3 rings (SSSR count). The van der Waals surface area contributed by atoms with Crippen molar-refractivity contribution in [1.82, 2.24) is 10.1 Å². The second-order valence-corrected chi connectivity index (χ2v) is 5.91. The molecule has 0 radical (unpaired) electrons. The molecule has 10 heteroatoms. The number of rotatable bonds is 7. The Morgan fingerprint density at radius 3 is 2.52 bits per heavy atom. The van der Waals surface area contributed by atoms with Crippen molar-refractivity contribution in [3.63, 3.8) is 0 Å². The molecule has 1 heterocycles. The molecule has 0 amide bonds. The average molecular weight is 417 g/mol. The van der Waals surface area contributed by atoms with Crippen molar-refractivity contribution in [1.29, 1.82) is 0 Å². The topological polar surface area (TPSA) is 66.6 Å². The molecule has 0 fully saturated rings. The Morgan fingerprint density at radius 1 is 1.11 bits per heavy atom. The Hall–Kier alpha value is -2.58. The minimum Gasteiger partial charge on any atom is -0.493 e. The molecule has 27 heavy (non-hydrogen) atoms. The van der Waals surface area contributed by atoms with Crippen LogP contribution in [0.3, 0.4) is 0 Å². The van der Waals surface area contributed by atoms with Crippen LogP contribution in [0, 0.1) is 0 Å². The number of nitrogens with zero attached hydrogens (tertiary/aromatic N) is 2. The maximum Gasteiger partial charge on any atom is 0.387 e. The van der Waals surface area contributed by atoms with Gasteiger partial charge in [-0.15, -0.1) is 0 Å². The Labute approximate surface area is 162 Å². The lowest BCUT2D eigenvalue weighted by Gasteiger charge is -2.10. The first-order valence-corrected chi connectivity index (χ1v) is 8.26. The van der Waals surface area contributed by atoms with Crippen LogP contribution < -0.4 is 14.2 Å². The van der Waals surface area contributed by atoms with Crippen LogP contribution in [0.2, 0.25) is 10.0 Å². The largest absolute Gasteiger partial charge is 0.493 e. The number of ether oxygens (including phenoxy) is 3. The summed E-state index contributed by atoms with van der Waals surface area (Å²) < 4.78 is 44.9. The van der Waals surface area contributed by atoms with E-state index in [4.69, 9.17) is 37.2 Å². The Kier molecular flexibility index (Phi) is 5.98. The smallest absolute Gasteiger partial charge is 0.387 e. The molecule has 0 spiro atoms. The molecule has 0 saturated carbocycles. The van der Waals surface area contributed by atoms with Gasteiger partial charge in [-0.3, -0.25) is 0 Å². The SMILES string of the molecule is COc1cc(-c2noc(COc3c(Cl)cccc3Cl)n2)ccc1OC(F)F. The van der Waals surface area contributed by atoms with Crippen LogP contribution in [0.5, 0.6) is 17.2 Å².